The molecule has 0 spiro atoms. The van der Waals surface area contributed by atoms with E-state index in [1.165, 1.54) is 0 Å². The number of hydrogen-bond donors (Lipinski definition) is 1. The monoisotopic (exact) mass is 310 g/mol. The first-order valence-electron chi connectivity index (χ1n) is 7.63. The van der Waals surface area contributed by atoms with Crippen LogP contribution in [0.1, 0.15) is 13.3 Å². The van der Waals surface area contributed by atoms with Crippen molar-refractivity contribution in [3.8, 4) is 11.4 Å². The van der Waals surface area contributed by atoms with Gasteiger partial charge in [-0.15, -0.1) is 0 Å². The Balaban J connectivity index is 1.65. The smallest absolute Gasteiger partial charge is 0.229 e. The third-order valence-corrected chi connectivity index (χ3v) is 3.92. The first-order chi connectivity index (χ1) is 11.2. The molecule has 0 bridgehead atoms. The Bertz CT molecular complexity index is 700. The molecule has 1 N–H and O–H groups in total. The topological polar surface area (TPSA) is 75.2 Å². The van der Waals surface area contributed by atoms with Gasteiger partial charge in [0.25, 0.3) is 0 Å². The molecule has 118 valence electrons. The van der Waals surface area contributed by atoms with E-state index in [1.54, 1.807) is 17.3 Å². The van der Waals surface area contributed by atoms with Crippen molar-refractivity contribution in [2.75, 3.05) is 18.4 Å². The SMILES string of the molecule is CCN1CC(C(=O)Nc2cnc(-c3ccccc3)nc2)CC1=O. The van der Waals surface area contributed by atoms with Crippen LogP contribution in [0.4, 0.5) is 5.69 Å². The number of carbonyl (C=O) groups excluding carboxylic acids is 2. The molecule has 6 heteroatoms. The lowest BCUT2D eigenvalue weighted by atomic mass is 10.1. The van der Waals surface area contributed by atoms with E-state index < -0.39 is 0 Å². The van der Waals surface area contributed by atoms with Gasteiger partial charge in [-0.05, 0) is 6.92 Å². The van der Waals surface area contributed by atoms with Crippen molar-refractivity contribution in [1.82, 2.24) is 14.9 Å². The van der Waals surface area contributed by atoms with Crippen molar-refractivity contribution in [3.63, 3.8) is 0 Å². The second kappa shape index (κ2) is 6.56. The van der Waals surface area contributed by atoms with Gasteiger partial charge >= 0.3 is 0 Å². The Morgan fingerprint density at radius 3 is 2.57 bits per heavy atom. The summed E-state index contributed by atoms with van der Waals surface area (Å²) >= 11 is 0. The summed E-state index contributed by atoms with van der Waals surface area (Å²) in [5.41, 5.74) is 1.46. The number of benzene rings is 1. The molecule has 2 amide bonds. The lowest BCUT2D eigenvalue weighted by Crippen LogP contribution is -2.28. The van der Waals surface area contributed by atoms with Gasteiger partial charge in [0, 0.05) is 25.1 Å². The summed E-state index contributed by atoms with van der Waals surface area (Å²) < 4.78 is 0. The second-order valence-electron chi connectivity index (χ2n) is 5.48. The Morgan fingerprint density at radius 1 is 1.26 bits per heavy atom. The highest BCUT2D eigenvalue weighted by Gasteiger charge is 2.33. The van der Waals surface area contributed by atoms with E-state index in [0.717, 1.165) is 5.56 Å². The number of nitrogens with zero attached hydrogens (tertiary/aromatic N) is 3. The van der Waals surface area contributed by atoms with Crippen molar-refractivity contribution in [2.45, 2.75) is 13.3 Å². The number of aromatic nitrogens is 2. The van der Waals surface area contributed by atoms with Crippen molar-refractivity contribution < 1.29 is 9.59 Å². The molecule has 0 aliphatic carbocycles. The van der Waals surface area contributed by atoms with E-state index >= 15 is 0 Å². The van der Waals surface area contributed by atoms with Crippen LogP contribution in [0.3, 0.4) is 0 Å². The lowest BCUT2D eigenvalue weighted by Gasteiger charge is -2.13. The molecule has 1 atom stereocenters. The van der Waals surface area contributed by atoms with E-state index in [-0.39, 0.29) is 24.2 Å². The van der Waals surface area contributed by atoms with Gasteiger partial charge in [-0.25, -0.2) is 9.97 Å². The maximum atomic E-state index is 12.2. The van der Waals surface area contributed by atoms with Gasteiger partial charge < -0.3 is 10.2 Å². The van der Waals surface area contributed by atoms with Gasteiger partial charge in [0.1, 0.15) is 0 Å². The molecule has 0 radical (unpaired) electrons. The third-order valence-electron chi connectivity index (χ3n) is 3.92. The van der Waals surface area contributed by atoms with Crippen molar-refractivity contribution >= 4 is 17.5 Å². The molecular weight excluding hydrogens is 292 g/mol. The van der Waals surface area contributed by atoms with Gasteiger partial charge in [0.2, 0.25) is 11.8 Å². The summed E-state index contributed by atoms with van der Waals surface area (Å²) in [4.78, 5) is 34.2. The Labute approximate surface area is 134 Å². The molecule has 1 unspecified atom stereocenters. The molecule has 0 saturated carbocycles. The molecule has 2 heterocycles. The first-order valence-corrected chi connectivity index (χ1v) is 7.63. The maximum Gasteiger partial charge on any atom is 0.229 e. The summed E-state index contributed by atoms with van der Waals surface area (Å²) in [7, 11) is 0. The zero-order valence-electron chi connectivity index (χ0n) is 12.9. The zero-order valence-corrected chi connectivity index (χ0v) is 12.9. The summed E-state index contributed by atoms with van der Waals surface area (Å²) in [5.74, 6) is 0.168. The number of carbonyl (C=O) groups is 2. The summed E-state index contributed by atoms with van der Waals surface area (Å²) in [6.45, 7) is 3.02. The lowest BCUT2D eigenvalue weighted by molar-refractivity contribution is -0.128. The normalized spacial score (nSPS) is 17.3. The number of hydrogen-bond acceptors (Lipinski definition) is 4. The molecule has 1 aliphatic rings. The number of anilines is 1. The number of rotatable bonds is 4. The second-order valence-corrected chi connectivity index (χ2v) is 5.48. The predicted molar refractivity (Wildman–Crippen MR) is 86.5 cm³/mol. The van der Waals surface area contributed by atoms with Crippen LogP contribution >= 0.6 is 0 Å². The molecule has 2 aromatic rings. The van der Waals surface area contributed by atoms with E-state index in [9.17, 15) is 9.59 Å². The van der Waals surface area contributed by atoms with Crippen molar-refractivity contribution in [1.29, 1.82) is 0 Å². The highest BCUT2D eigenvalue weighted by molar-refractivity contribution is 5.97. The van der Waals surface area contributed by atoms with Crippen molar-refractivity contribution in [2.24, 2.45) is 5.92 Å². The molecule has 3 rings (SSSR count). The standard InChI is InChI=1S/C17H18N4O2/c1-2-21-11-13(8-15(21)22)17(23)20-14-9-18-16(19-10-14)12-6-4-3-5-7-12/h3-7,9-10,13H,2,8,11H2,1H3,(H,20,23). The van der Waals surface area contributed by atoms with Crippen LogP contribution in [0.2, 0.25) is 0 Å². The number of likely N-dealkylation sites (tertiary alicyclic amines) is 1. The van der Waals surface area contributed by atoms with Gasteiger partial charge in [-0.1, -0.05) is 30.3 Å². The molecule has 1 aromatic carbocycles. The fourth-order valence-corrected chi connectivity index (χ4v) is 2.63. The number of amides is 2. The summed E-state index contributed by atoms with van der Waals surface area (Å²) in [5, 5.41) is 2.78. The van der Waals surface area contributed by atoms with Crippen LogP contribution in [0.5, 0.6) is 0 Å². The van der Waals surface area contributed by atoms with Crippen molar-refractivity contribution in [3.05, 3.63) is 42.7 Å². The van der Waals surface area contributed by atoms with Gasteiger partial charge in [0.15, 0.2) is 5.82 Å². The highest BCUT2D eigenvalue weighted by Crippen LogP contribution is 2.20. The quantitative estimate of drug-likeness (QED) is 0.936. The summed E-state index contributed by atoms with van der Waals surface area (Å²) in [6.07, 6.45) is 3.44. The zero-order chi connectivity index (χ0) is 16.2. The Hall–Kier alpha value is -2.76. The largest absolute Gasteiger partial charge is 0.342 e. The van der Waals surface area contributed by atoms with E-state index in [1.807, 2.05) is 37.3 Å². The highest BCUT2D eigenvalue weighted by atomic mass is 16.2. The molecule has 1 fully saturated rings. The fourth-order valence-electron chi connectivity index (χ4n) is 2.63. The Kier molecular flexibility index (Phi) is 4.32. The van der Waals surface area contributed by atoms with Gasteiger partial charge in [0.05, 0.1) is 24.0 Å². The van der Waals surface area contributed by atoms with Crippen LogP contribution in [0.25, 0.3) is 11.4 Å². The van der Waals surface area contributed by atoms with Gasteiger partial charge in [-0.3, -0.25) is 9.59 Å². The van der Waals surface area contributed by atoms with Crippen LogP contribution in [-0.2, 0) is 9.59 Å². The van der Waals surface area contributed by atoms with Crippen LogP contribution < -0.4 is 5.32 Å². The van der Waals surface area contributed by atoms with Crippen LogP contribution in [0, 0.1) is 5.92 Å². The molecule has 1 aliphatic heterocycles. The number of nitrogens with one attached hydrogen (secondary N) is 1. The maximum absolute atomic E-state index is 12.2. The molecule has 23 heavy (non-hydrogen) atoms. The van der Waals surface area contributed by atoms with Gasteiger partial charge in [-0.2, -0.15) is 0 Å². The first kappa shape index (κ1) is 15.1. The molecule has 6 nitrogen and oxygen atoms in total. The minimum absolute atomic E-state index is 0.0309. The predicted octanol–water partition coefficient (Wildman–Crippen LogP) is 1.95. The summed E-state index contributed by atoms with van der Waals surface area (Å²) in [6, 6.07) is 9.63. The molecular formula is C17H18N4O2. The van der Waals surface area contributed by atoms with E-state index in [0.29, 0.717) is 24.6 Å². The van der Waals surface area contributed by atoms with Crippen LogP contribution in [-0.4, -0.2) is 39.8 Å². The molecule has 1 aromatic heterocycles. The van der Waals surface area contributed by atoms with E-state index in [2.05, 4.69) is 15.3 Å². The minimum atomic E-state index is -0.309. The average molecular weight is 310 g/mol. The third kappa shape index (κ3) is 3.36. The van der Waals surface area contributed by atoms with E-state index in [4.69, 9.17) is 0 Å². The average Bonchev–Trinajstić information content (AvgIpc) is 2.97. The van der Waals surface area contributed by atoms with Crippen LogP contribution in [0.15, 0.2) is 42.7 Å². The Morgan fingerprint density at radius 2 is 1.96 bits per heavy atom. The fraction of sp³-hybridized carbons (Fsp3) is 0.294. The molecule has 1 saturated heterocycles. The minimum Gasteiger partial charge on any atom is -0.342 e.